The molecule has 0 N–H and O–H groups in total. The highest BCUT2D eigenvalue weighted by Gasteiger charge is 2.22. The summed E-state index contributed by atoms with van der Waals surface area (Å²) in [5.41, 5.74) is 2.17. The van der Waals surface area contributed by atoms with Gasteiger partial charge in [-0.3, -0.25) is 14.2 Å². The van der Waals surface area contributed by atoms with Crippen molar-refractivity contribution in [3.05, 3.63) is 92.1 Å². The van der Waals surface area contributed by atoms with E-state index in [1.54, 1.807) is 21.6 Å². The lowest BCUT2D eigenvalue weighted by Crippen LogP contribution is -2.37. The first-order valence-corrected chi connectivity index (χ1v) is 13.3. The number of aromatic nitrogens is 3. The Morgan fingerprint density at radius 2 is 1.89 bits per heavy atom. The Labute approximate surface area is 222 Å². The summed E-state index contributed by atoms with van der Waals surface area (Å²) >= 11 is 4.63. The number of benzene rings is 2. The summed E-state index contributed by atoms with van der Waals surface area (Å²) in [4.78, 5) is 44.9. The van der Waals surface area contributed by atoms with Crippen molar-refractivity contribution in [2.45, 2.75) is 33.2 Å². The van der Waals surface area contributed by atoms with E-state index >= 15 is 0 Å². The van der Waals surface area contributed by atoms with Crippen molar-refractivity contribution < 1.29 is 9.59 Å². The molecule has 0 saturated carbocycles. The minimum Gasteiger partial charge on any atom is -0.338 e. The largest absolute Gasteiger partial charge is 0.338 e. The van der Waals surface area contributed by atoms with E-state index in [2.05, 4.69) is 20.3 Å². The van der Waals surface area contributed by atoms with Crippen molar-refractivity contribution in [3.63, 3.8) is 0 Å². The fourth-order valence-electron chi connectivity index (χ4n) is 4.21. The van der Waals surface area contributed by atoms with Gasteiger partial charge in [-0.25, -0.2) is 4.98 Å². The lowest BCUT2D eigenvalue weighted by atomic mass is 10.0. The first-order valence-electron chi connectivity index (χ1n) is 11.8. The van der Waals surface area contributed by atoms with E-state index in [0.29, 0.717) is 53.4 Å². The van der Waals surface area contributed by atoms with Gasteiger partial charge < -0.3 is 9.69 Å². The van der Waals surface area contributed by atoms with Gasteiger partial charge in [-0.1, -0.05) is 53.2 Å². The predicted molar refractivity (Wildman–Crippen MR) is 146 cm³/mol. The standard InChI is InChI=1S/C27H27BrN4O3S/c1-18(16-31(13-6-14-33)26(34)21-9-11-22(28)12-10-21)15-23-29-25-24(19(2)30-36-25)27(35)32(23)17-20-7-4-3-5-8-20/h3-5,7-12,14,18H,6,13,15-17H2,1-2H3. The zero-order valence-corrected chi connectivity index (χ0v) is 22.6. The molecule has 0 spiro atoms. The zero-order chi connectivity index (χ0) is 25.7. The second-order valence-electron chi connectivity index (χ2n) is 8.88. The summed E-state index contributed by atoms with van der Waals surface area (Å²) in [6.07, 6.45) is 1.59. The van der Waals surface area contributed by atoms with Gasteiger partial charge in [0.1, 0.15) is 12.1 Å². The van der Waals surface area contributed by atoms with Gasteiger partial charge in [-0.15, -0.1) is 0 Å². The molecule has 1 amide bonds. The molecular weight excluding hydrogens is 540 g/mol. The van der Waals surface area contributed by atoms with Crippen LogP contribution in [0, 0.1) is 12.8 Å². The lowest BCUT2D eigenvalue weighted by Gasteiger charge is -2.26. The Balaban J connectivity index is 1.62. The van der Waals surface area contributed by atoms with Crippen LogP contribution in [-0.2, 0) is 17.8 Å². The molecule has 2 heterocycles. The fourth-order valence-corrected chi connectivity index (χ4v) is 5.26. The van der Waals surface area contributed by atoms with Gasteiger partial charge in [0.15, 0.2) is 4.83 Å². The van der Waals surface area contributed by atoms with E-state index in [9.17, 15) is 14.4 Å². The predicted octanol–water partition coefficient (Wildman–Crippen LogP) is 4.88. The second-order valence-corrected chi connectivity index (χ2v) is 10.5. The van der Waals surface area contributed by atoms with Crippen molar-refractivity contribution in [2.75, 3.05) is 13.1 Å². The molecule has 186 valence electrons. The van der Waals surface area contributed by atoms with Gasteiger partial charge in [-0.2, -0.15) is 4.37 Å². The van der Waals surface area contributed by atoms with Crippen LogP contribution in [0.1, 0.15) is 40.8 Å². The number of amides is 1. The molecule has 4 aromatic rings. The number of aldehydes is 1. The SMILES string of the molecule is Cc1nsc2nc(CC(C)CN(CCC=O)C(=O)c3ccc(Br)cc3)n(Cc3ccccc3)c(=O)c12. The van der Waals surface area contributed by atoms with Crippen LogP contribution in [0.5, 0.6) is 0 Å². The highest BCUT2D eigenvalue weighted by molar-refractivity contribution is 9.10. The van der Waals surface area contributed by atoms with Gasteiger partial charge in [0.25, 0.3) is 11.5 Å². The highest BCUT2D eigenvalue weighted by Crippen LogP contribution is 2.20. The first-order chi connectivity index (χ1) is 17.4. The van der Waals surface area contributed by atoms with Crippen LogP contribution in [0.3, 0.4) is 0 Å². The van der Waals surface area contributed by atoms with Gasteiger partial charge in [0, 0.05) is 36.0 Å². The number of aryl methyl sites for hydroxylation is 1. The number of halogens is 1. The Morgan fingerprint density at radius 3 is 2.58 bits per heavy atom. The van der Waals surface area contributed by atoms with Crippen molar-refractivity contribution in [3.8, 4) is 0 Å². The summed E-state index contributed by atoms with van der Waals surface area (Å²) in [7, 11) is 0. The maximum Gasteiger partial charge on any atom is 0.264 e. The molecule has 0 aliphatic heterocycles. The molecule has 7 nitrogen and oxygen atoms in total. The van der Waals surface area contributed by atoms with Crippen molar-refractivity contribution in [1.82, 2.24) is 18.8 Å². The maximum atomic E-state index is 13.5. The third-order valence-electron chi connectivity index (χ3n) is 5.99. The van der Waals surface area contributed by atoms with Crippen molar-refractivity contribution in [2.24, 2.45) is 5.92 Å². The molecule has 1 unspecified atom stereocenters. The fraction of sp³-hybridized carbons (Fsp3) is 0.296. The lowest BCUT2D eigenvalue weighted by molar-refractivity contribution is -0.108. The Kier molecular flexibility index (Phi) is 8.43. The Morgan fingerprint density at radius 1 is 1.17 bits per heavy atom. The third kappa shape index (κ3) is 5.96. The number of fused-ring (bicyclic) bond motifs is 1. The molecule has 36 heavy (non-hydrogen) atoms. The number of hydrogen-bond acceptors (Lipinski definition) is 6. The normalized spacial score (nSPS) is 12.0. The van der Waals surface area contributed by atoms with Crippen molar-refractivity contribution in [1.29, 1.82) is 0 Å². The second kappa shape index (κ2) is 11.7. The number of rotatable bonds is 10. The topological polar surface area (TPSA) is 85.2 Å². The number of hydrogen-bond donors (Lipinski definition) is 0. The molecule has 2 aromatic carbocycles. The van der Waals surface area contributed by atoms with E-state index in [4.69, 9.17) is 4.98 Å². The molecule has 2 aromatic heterocycles. The van der Waals surface area contributed by atoms with Crippen molar-refractivity contribution >= 4 is 49.9 Å². The van der Waals surface area contributed by atoms with Crippen LogP contribution >= 0.6 is 27.5 Å². The summed E-state index contributed by atoms with van der Waals surface area (Å²) < 4.78 is 6.96. The monoisotopic (exact) mass is 566 g/mol. The average molecular weight is 568 g/mol. The molecule has 0 bridgehead atoms. The van der Waals surface area contributed by atoms with Gasteiger partial charge in [0.2, 0.25) is 0 Å². The summed E-state index contributed by atoms with van der Waals surface area (Å²) in [5, 5.41) is 0.561. The van der Waals surface area contributed by atoms with Crippen LogP contribution < -0.4 is 5.56 Å². The Bertz CT molecular complexity index is 1420. The summed E-state index contributed by atoms with van der Waals surface area (Å²) in [6, 6.07) is 17.0. The first kappa shape index (κ1) is 25.9. The summed E-state index contributed by atoms with van der Waals surface area (Å²) in [5.74, 6) is 0.537. The zero-order valence-electron chi connectivity index (χ0n) is 20.2. The van der Waals surface area contributed by atoms with Crippen LogP contribution in [0.2, 0.25) is 0 Å². The van der Waals surface area contributed by atoms with Crippen LogP contribution in [0.4, 0.5) is 0 Å². The molecule has 0 fully saturated rings. The molecule has 0 aliphatic rings. The van der Waals surface area contributed by atoms with Crippen LogP contribution in [-0.4, -0.2) is 44.1 Å². The van der Waals surface area contributed by atoms with E-state index in [-0.39, 0.29) is 23.8 Å². The number of carbonyl (C=O) groups is 2. The van der Waals surface area contributed by atoms with Gasteiger partial charge in [0.05, 0.1) is 17.6 Å². The molecular formula is C27H27BrN4O3S. The molecule has 0 aliphatic carbocycles. The molecule has 0 saturated heterocycles. The van der Waals surface area contributed by atoms with Gasteiger partial charge in [-0.05, 0) is 54.2 Å². The number of carbonyl (C=O) groups excluding carboxylic acids is 2. The highest BCUT2D eigenvalue weighted by atomic mass is 79.9. The summed E-state index contributed by atoms with van der Waals surface area (Å²) in [6.45, 7) is 5.04. The maximum absolute atomic E-state index is 13.5. The van der Waals surface area contributed by atoms with E-state index in [0.717, 1.165) is 16.3 Å². The minimum absolute atomic E-state index is 0.00329. The smallest absolute Gasteiger partial charge is 0.264 e. The quantitative estimate of drug-likeness (QED) is 0.255. The van der Waals surface area contributed by atoms with Gasteiger partial charge >= 0.3 is 0 Å². The molecule has 9 heteroatoms. The average Bonchev–Trinajstić information content (AvgIpc) is 3.25. The molecule has 4 rings (SSSR count). The Hall–Kier alpha value is -3.17. The molecule has 0 radical (unpaired) electrons. The van der Waals surface area contributed by atoms with E-state index in [1.165, 1.54) is 11.5 Å². The third-order valence-corrected chi connectivity index (χ3v) is 7.35. The van der Waals surface area contributed by atoms with E-state index < -0.39 is 0 Å². The number of nitrogens with zero attached hydrogens (tertiary/aromatic N) is 4. The van der Waals surface area contributed by atoms with Crippen LogP contribution in [0.15, 0.2) is 63.9 Å². The van der Waals surface area contributed by atoms with E-state index in [1.807, 2.05) is 56.3 Å². The minimum atomic E-state index is -0.126. The molecule has 1 atom stereocenters. The van der Waals surface area contributed by atoms with Crippen LogP contribution in [0.25, 0.3) is 10.2 Å².